The number of nitrogens with zero attached hydrogens (tertiary/aromatic N) is 2. The minimum atomic E-state index is -1.12. The molecule has 0 aromatic heterocycles. The molecule has 1 heterocycles. The van der Waals surface area contributed by atoms with Gasteiger partial charge in [0.25, 0.3) is 0 Å². The van der Waals surface area contributed by atoms with E-state index in [1.165, 1.54) is 4.90 Å². The molecule has 0 atom stereocenters. The van der Waals surface area contributed by atoms with Crippen LogP contribution >= 0.6 is 0 Å². The molecule has 0 bridgehead atoms. The normalized spacial score (nSPS) is 16.0. The van der Waals surface area contributed by atoms with E-state index in [9.17, 15) is 14.4 Å². The van der Waals surface area contributed by atoms with E-state index in [2.05, 4.69) is 5.32 Å². The van der Waals surface area contributed by atoms with E-state index in [1.54, 1.807) is 0 Å². The fourth-order valence-corrected chi connectivity index (χ4v) is 1.94. The monoisotopic (exact) mass is 301 g/mol. The lowest BCUT2D eigenvalue weighted by molar-refractivity contribution is -0.144. The number of hydrogen-bond acceptors (Lipinski definition) is 5. The quantitative estimate of drug-likeness (QED) is 0.467. The minimum absolute atomic E-state index is 0.0640. The lowest BCUT2D eigenvalue weighted by atomic mass is 10.2. The lowest BCUT2D eigenvalue weighted by Crippen LogP contribution is -2.51. The van der Waals surface area contributed by atoms with Gasteiger partial charge in [-0.2, -0.15) is 0 Å². The molecule has 0 aliphatic carbocycles. The summed E-state index contributed by atoms with van der Waals surface area (Å²) in [5.41, 5.74) is 0. The van der Waals surface area contributed by atoms with Crippen LogP contribution in [-0.4, -0.2) is 78.2 Å². The smallest absolute Gasteiger partial charge is 0.312 e. The predicted molar refractivity (Wildman–Crippen MR) is 74.5 cm³/mol. The standard InChI is InChI=1S/C13H23N3O5/c1-10(2)21-9-14-11(17)8-15-3-5-16(6-4-15)12(18)7-13(19)20/h10H,3-9H2,1-2H3,(H,14,17)(H,19,20). The molecule has 0 saturated carbocycles. The Balaban J connectivity index is 2.22. The van der Waals surface area contributed by atoms with Gasteiger partial charge in [-0.15, -0.1) is 0 Å². The van der Waals surface area contributed by atoms with E-state index < -0.39 is 12.4 Å². The van der Waals surface area contributed by atoms with Crippen LogP contribution in [0.25, 0.3) is 0 Å². The highest BCUT2D eigenvalue weighted by Gasteiger charge is 2.23. The largest absolute Gasteiger partial charge is 0.481 e. The molecule has 0 unspecified atom stereocenters. The van der Waals surface area contributed by atoms with Gasteiger partial charge in [-0.05, 0) is 13.8 Å². The van der Waals surface area contributed by atoms with E-state index >= 15 is 0 Å². The number of carboxylic acid groups (broad SMARTS) is 1. The third kappa shape index (κ3) is 7.05. The van der Waals surface area contributed by atoms with Crippen LogP contribution in [0, 0.1) is 0 Å². The van der Waals surface area contributed by atoms with Gasteiger partial charge < -0.3 is 20.1 Å². The number of nitrogens with one attached hydrogen (secondary N) is 1. The number of ether oxygens (including phenoxy) is 1. The van der Waals surface area contributed by atoms with Crippen LogP contribution in [-0.2, 0) is 19.1 Å². The van der Waals surface area contributed by atoms with Crippen LogP contribution in [0.5, 0.6) is 0 Å². The first kappa shape index (κ1) is 17.4. The van der Waals surface area contributed by atoms with Crippen molar-refractivity contribution in [3.8, 4) is 0 Å². The summed E-state index contributed by atoms with van der Waals surface area (Å²) in [6.07, 6.45) is -0.415. The number of rotatable bonds is 7. The summed E-state index contributed by atoms with van der Waals surface area (Å²) in [5.74, 6) is -1.62. The Labute approximate surface area is 124 Å². The Morgan fingerprint density at radius 1 is 1.19 bits per heavy atom. The summed E-state index contributed by atoms with van der Waals surface area (Å²) >= 11 is 0. The zero-order valence-corrected chi connectivity index (χ0v) is 12.5. The fourth-order valence-electron chi connectivity index (χ4n) is 1.94. The number of amides is 2. The summed E-state index contributed by atoms with van der Waals surface area (Å²) in [6.45, 7) is 6.23. The Morgan fingerprint density at radius 3 is 2.33 bits per heavy atom. The van der Waals surface area contributed by atoms with Crippen LogP contribution in [0.2, 0.25) is 0 Å². The maximum absolute atomic E-state index is 11.7. The number of aliphatic carboxylic acids is 1. The van der Waals surface area contributed by atoms with Gasteiger partial charge in [0.1, 0.15) is 13.2 Å². The fraction of sp³-hybridized carbons (Fsp3) is 0.769. The molecule has 2 N–H and O–H groups in total. The first-order valence-electron chi connectivity index (χ1n) is 6.98. The molecule has 2 amide bonds. The van der Waals surface area contributed by atoms with Crippen molar-refractivity contribution in [2.75, 3.05) is 39.5 Å². The molecule has 8 heteroatoms. The van der Waals surface area contributed by atoms with Crippen LogP contribution < -0.4 is 5.32 Å². The van der Waals surface area contributed by atoms with E-state index in [0.29, 0.717) is 26.2 Å². The second kappa shape index (κ2) is 8.58. The first-order chi connectivity index (χ1) is 9.88. The highest BCUT2D eigenvalue weighted by molar-refractivity contribution is 5.93. The predicted octanol–water partition coefficient (Wildman–Crippen LogP) is -0.896. The second-order valence-corrected chi connectivity index (χ2v) is 5.19. The number of carbonyl (C=O) groups excluding carboxylic acids is 2. The molecule has 0 radical (unpaired) electrons. The molecule has 21 heavy (non-hydrogen) atoms. The average molecular weight is 301 g/mol. The molecule has 1 aliphatic heterocycles. The highest BCUT2D eigenvalue weighted by atomic mass is 16.5. The van der Waals surface area contributed by atoms with Crippen molar-refractivity contribution in [3.05, 3.63) is 0 Å². The van der Waals surface area contributed by atoms with Crippen molar-refractivity contribution < 1.29 is 24.2 Å². The van der Waals surface area contributed by atoms with Gasteiger partial charge in [-0.3, -0.25) is 19.3 Å². The number of carboxylic acids is 1. The molecule has 1 fully saturated rings. The Hall–Kier alpha value is -1.67. The molecule has 120 valence electrons. The van der Waals surface area contributed by atoms with E-state index in [0.717, 1.165) is 0 Å². The van der Waals surface area contributed by atoms with Crippen LogP contribution in [0.4, 0.5) is 0 Å². The maximum Gasteiger partial charge on any atom is 0.312 e. The Morgan fingerprint density at radius 2 is 1.81 bits per heavy atom. The Bertz CT molecular complexity index is 378. The first-order valence-corrected chi connectivity index (χ1v) is 6.98. The van der Waals surface area contributed by atoms with Gasteiger partial charge in [-0.1, -0.05) is 0 Å². The lowest BCUT2D eigenvalue weighted by Gasteiger charge is -2.34. The Kier molecular flexibility index (Phi) is 7.10. The molecule has 0 aromatic rings. The summed E-state index contributed by atoms with van der Waals surface area (Å²) < 4.78 is 5.23. The third-order valence-electron chi connectivity index (χ3n) is 3.08. The van der Waals surface area contributed by atoms with Gasteiger partial charge in [0.15, 0.2) is 0 Å². The summed E-state index contributed by atoms with van der Waals surface area (Å²) in [7, 11) is 0. The molecule has 0 aromatic carbocycles. The van der Waals surface area contributed by atoms with Gasteiger partial charge in [0.2, 0.25) is 11.8 Å². The topological polar surface area (TPSA) is 99.2 Å². The molecule has 1 saturated heterocycles. The van der Waals surface area contributed by atoms with Gasteiger partial charge in [0, 0.05) is 26.2 Å². The van der Waals surface area contributed by atoms with Crippen molar-refractivity contribution >= 4 is 17.8 Å². The van der Waals surface area contributed by atoms with Gasteiger partial charge in [-0.25, -0.2) is 0 Å². The van der Waals surface area contributed by atoms with Gasteiger partial charge >= 0.3 is 5.97 Å². The van der Waals surface area contributed by atoms with Gasteiger partial charge in [0.05, 0.1) is 12.6 Å². The zero-order valence-electron chi connectivity index (χ0n) is 12.5. The second-order valence-electron chi connectivity index (χ2n) is 5.19. The third-order valence-corrected chi connectivity index (χ3v) is 3.08. The highest BCUT2D eigenvalue weighted by Crippen LogP contribution is 2.03. The summed E-state index contributed by atoms with van der Waals surface area (Å²) in [6, 6.07) is 0. The molecule has 1 aliphatic rings. The van der Waals surface area contributed by atoms with E-state index in [-0.39, 0.29) is 31.2 Å². The average Bonchev–Trinajstić information content (AvgIpc) is 2.38. The van der Waals surface area contributed by atoms with Crippen molar-refractivity contribution in [1.29, 1.82) is 0 Å². The molecule has 1 rings (SSSR count). The molecule has 8 nitrogen and oxygen atoms in total. The van der Waals surface area contributed by atoms with Crippen molar-refractivity contribution in [1.82, 2.24) is 15.1 Å². The van der Waals surface area contributed by atoms with Crippen LogP contribution in [0.3, 0.4) is 0 Å². The van der Waals surface area contributed by atoms with Crippen molar-refractivity contribution in [3.63, 3.8) is 0 Å². The summed E-state index contributed by atoms with van der Waals surface area (Å²) in [4.78, 5) is 37.2. The van der Waals surface area contributed by atoms with Crippen molar-refractivity contribution in [2.24, 2.45) is 0 Å². The summed E-state index contributed by atoms with van der Waals surface area (Å²) in [5, 5.41) is 11.2. The van der Waals surface area contributed by atoms with Crippen LogP contribution in [0.1, 0.15) is 20.3 Å². The van der Waals surface area contributed by atoms with E-state index in [4.69, 9.17) is 9.84 Å². The minimum Gasteiger partial charge on any atom is -0.481 e. The van der Waals surface area contributed by atoms with Crippen molar-refractivity contribution in [2.45, 2.75) is 26.4 Å². The number of piperazine rings is 1. The molecular formula is C13H23N3O5. The number of carbonyl (C=O) groups is 3. The maximum atomic E-state index is 11.7. The molecular weight excluding hydrogens is 278 g/mol. The molecule has 0 spiro atoms. The van der Waals surface area contributed by atoms with E-state index in [1.807, 2.05) is 18.7 Å². The van der Waals surface area contributed by atoms with Crippen LogP contribution in [0.15, 0.2) is 0 Å². The number of hydrogen-bond donors (Lipinski definition) is 2. The SMILES string of the molecule is CC(C)OCNC(=O)CN1CCN(C(=O)CC(=O)O)CC1. The zero-order chi connectivity index (χ0) is 15.8.